The third-order valence-corrected chi connectivity index (χ3v) is 7.94. The van der Waals surface area contributed by atoms with Crippen molar-refractivity contribution in [3.8, 4) is 0 Å². The molecule has 9 nitrogen and oxygen atoms in total. The predicted octanol–water partition coefficient (Wildman–Crippen LogP) is 8.45. The van der Waals surface area contributed by atoms with Gasteiger partial charge in [-0.2, -0.15) is 4.90 Å². The van der Waals surface area contributed by atoms with Crippen molar-refractivity contribution in [2.45, 2.75) is 99.1 Å². The van der Waals surface area contributed by atoms with Gasteiger partial charge in [-0.3, -0.25) is 4.79 Å². The fraction of sp³-hybridized carbons (Fsp3) is 0.474. The highest BCUT2D eigenvalue weighted by Crippen LogP contribution is 2.33. The molecule has 0 unspecified atom stereocenters. The lowest BCUT2D eigenvalue weighted by atomic mass is 9.84. The lowest BCUT2D eigenvalue weighted by molar-refractivity contribution is -0.135. The van der Waals surface area contributed by atoms with Gasteiger partial charge in [0, 0.05) is 47.5 Å². The SMILES string of the molecule is CC/C=C(/N=C\C=C(/C)C(/C=C/CC)=C1OCC/C1=C(/C)NCc1cccc(C(=O)OC)c1F)N(C(=O)OC(C)(C)C)C(=O)C1CCC1. The number of carbonyl (C=O) groups is 3. The second-order valence-corrected chi connectivity index (χ2v) is 12.8. The third-order valence-electron chi connectivity index (χ3n) is 7.94. The van der Waals surface area contributed by atoms with Gasteiger partial charge in [-0.15, -0.1) is 0 Å². The number of halogens is 1. The van der Waals surface area contributed by atoms with E-state index in [1.807, 2.05) is 45.9 Å². The average molecular weight is 664 g/mol. The molecule has 3 rings (SSSR count). The monoisotopic (exact) mass is 663 g/mol. The molecule has 1 aromatic rings. The van der Waals surface area contributed by atoms with Crippen molar-refractivity contribution in [2.24, 2.45) is 10.9 Å². The Kier molecular flexibility index (Phi) is 13.9. The van der Waals surface area contributed by atoms with E-state index in [4.69, 9.17) is 14.2 Å². The fourth-order valence-corrected chi connectivity index (χ4v) is 5.14. The van der Waals surface area contributed by atoms with Crippen LogP contribution in [0.2, 0.25) is 0 Å². The zero-order chi connectivity index (χ0) is 35.4. The van der Waals surface area contributed by atoms with Gasteiger partial charge in [-0.25, -0.2) is 19.0 Å². The highest BCUT2D eigenvalue weighted by Gasteiger charge is 2.37. The molecule has 2 amide bonds. The van der Waals surface area contributed by atoms with E-state index in [2.05, 4.69) is 10.3 Å². The number of amides is 2. The lowest BCUT2D eigenvalue weighted by Crippen LogP contribution is -2.44. The number of imide groups is 1. The summed E-state index contributed by atoms with van der Waals surface area (Å²) in [5.41, 5.74) is 2.94. The Morgan fingerprint density at radius 1 is 1.15 bits per heavy atom. The van der Waals surface area contributed by atoms with Gasteiger partial charge in [0.1, 0.15) is 23.0 Å². The summed E-state index contributed by atoms with van der Waals surface area (Å²) in [6.45, 7) is 13.8. The third kappa shape index (κ3) is 10.0. The van der Waals surface area contributed by atoms with Gasteiger partial charge in [0.25, 0.3) is 0 Å². The van der Waals surface area contributed by atoms with E-state index in [0.717, 1.165) is 53.0 Å². The molecule has 0 bridgehead atoms. The van der Waals surface area contributed by atoms with Crippen LogP contribution in [0, 0.1) is 11.7 Å². The first kappa shape index (κ1) is 38.0. The van der Waals surface area contributed by atoms with Crippen LogP contribution in [0.4, 0.5) is 9.18 Å². The first-order valence-electron chi connectivity index (χ1n) is 16.6. The summed E-state index contributed by atoms with van der Waals surface area (Å²) in [4.78, 5) is 44.3. The van der Waals surface area contributed by atoms with Crippen LogP contribution in [0.15, 0.2) is 81.5 Å². The van der Waals surface area contributed by atoms with Crippen molar-refractivity contribution >= 4 is 24.2 Å². The molecule has 0 spiro atoms. The molecule has 1 aromatic carbocycles. The first-order chi connectivity index (χ1) is 22.8. The van der Waals surface area contributed by atoms with Gasteiger partial charge in [0.05, 0.1) is 19.3 Å². The summed E-state index contributed by atoms with van der Waals surface area (Å²) in [7, 11) is 1.22. The Morgan fingerprint density at radius 3 is 2.48 bits per heavy atom. The van der Waals surface area contributed by atoms with Crippen LogP contribution >= 0.6 is 0 Å². The van der Waals surface area contributed by atoms with Crippen molar-refractivity contribution < 1.29 is 33.0 Å². The van der Waals surface area contributed by atoms with Gasteiger partial charge in [0.15, 0.2) is 0 Å². The quantitative estimate of drug-likeness (QED) is 0.177. The number of rotatable bonds is 12. The molecule has 1 aliphatic heterocycles. The van der Waals surface area contributed by atoms with Gasteiger partial charge in [-0.1, -0.05) is 44.6 Å². The van der Waals surface area contributed by atoms with Crippen LogP contribution in [-0.2, 0) is 25.5 Å². The Labute approximate surface area is 284 Å². The number of hydrogen-bond donors (Lipinski definition) is 1. The fourth-order valence-electron chi connectivity index (χ4n) is 5.14. The Morgan fingerprint density at radius 2 is 1.88 bits per heavy atom. The normalized spacial score (nSPS) is 18.0. The second-order valence-electron chi connectivity index (χ2n) is 12.8. The number of nitrogens with zero attached hydrogens (tertiary/aromatic N) is 2. The minimum atomic E-state index is -0.778. The van der Waals surface area contributed by atoms with Crippen molar-refractivity contribution in [3.05, 3.63) is 93.4 Å². The summed E-state index contributed by atoms with van der Waals surface area (Å²) in [5, 5.41) is 3.30. The minimum Gasteiger partial charge on any atom is -0.492 e. The number of hydrogen-bond acceptors (Lipinski definition) is 8. The maximum atomic E-state index is 15.0. The smallest absolute Gasteiger partial charge is 0.422 e. The molecular formula is C38H50FN3O6. The number of esters is 1. The number of allylic oxidation sites excluding steroid dienone is 8. The number of benzene rings is 1. The summed E-state index contributed by atoms with van der Waals surface area (Å²) < 4.78 is 31.5. The molecule has 1 saturated carbocycles. The van der Waals surface area contributed by atoms with E-state index < -0.39 is 23.5 Å². The average Bonchev–Trinajstić information content (AvgIpc) is 3.48. The molecule has 1 N–H and O–H groups in total. The van der Waals surface area contributed by atoms with Crippen molar-refractivity contribution in [3.63, 3.8) is 0 Å². The molecule has 1 heterocycles. The molecule has 0 radical (unpaired) electrons. The molecule has 10 heteroatoms. The molecule has 48 heavy (non-hydrogen) atoms. The van der Waals surface area contributed by atoms with Gasteiger partial charge in [-0.05, 0) is 84.1 Å². The molecule has 260 valence electrons. The van der Waals surface area contributed by atoms with Gasteiger partial charge < -0.3 is 19.5 Å². The summed E-state index contributed by atoms with van der Waals surface area (Å²) in [6.07, 6.45) is 12.9. The predicted molar refractivity (Wildman–Crippen MR) is 185 cm³/mol. The van der Waals surface area contributed by atoms with E-state index in [-0.39, 0.29) is 29.8 Å². The zero-order valence-corrected chi connectivity index (χ0v) is 29.6. The first-order valence-corrected chi connectivity index (χ1v) is 16.6. The van der Waals surface area contributed by atoms with E-state index in [1.165, 1.54) is 13.2 Å². The molecule has 0 atom stereocenters. The second kappa shape index (κ2) is 17.6. The number of aliphatic imine (C=N–C) groups is 1. The molecule has 1 aliphatic carbocycles. The van der Waals surface area contributed by atoms with E-state index in [9.17, 15) is 14.4 Å². The van der Waals surface area contributed by atoms with E-state index in [0.29, 0.717) is 30.8 Å². The van der Waals surface area contributed by atoms with Gasteiger partial charge >= 0.3 is 12.1 Å². The maximum absolute atomic E-state index is 15.0. The summed E-state index contributed by atoms with van der Waals surface area (Å²) in [6, 6.07) is 4.65. The highest BCUT2D eigenvalue weighted by molar-refractivity contribution is 5.96. The molecule has 0 aromatic heterocycles. The van der Waals surface area contributed by atoms with Crippen molar-refractivity contribution in [1.29, 1.82) is 0 Å². The summed E-state index contributed by atoms with van der Waals surface area (Å²) >= 11 is 0. The van der Waals surface area contributed by atoms with Crippen LogP contribution in [0.3, 0.4) is 0 Å². The Balaban J connectivity index is 1.94. The standard InChI is InChI=1S/C38H50FN3O6/c1-9-11-18-29(34-30(21-23-47-34)26(4)41-24-28-17-13-19-31(33(28)39)36(44)46-8)25(3)20-22-40-32(14-10-2)42(35(43)27-15-12-16-27)37(45)48-38(5,6)7/h11,13-14,17-20,22,27,41H,9-10,12,15-16,21,23-24H2,1-8H3/b18-11+,25-20+,30-26+,32-14-,34-29?,40-22-. The maximum Gasteiger partial charge on any atom is 0.422 e. The zero-order valence-electron chi connectivity index (χ0n) is 29.6. The largest absolute Gasteiger partial charge is 0.492 e. The number of ether oxygens (including phenoxy) is 3. The summed E-state index contributed by atoms with van der Waals surface area (Å²) in [5.74, 6) is -0.931. The molecule has 1 saturated heterocycles. The topological polar surface area (TPSA) is 107 Å². The Hall–Kier alpha value is -4.47. The van der Waals surface area contributed by atoms with Gasteiger partial charge in [0.2, 0.25) is 5.91 Å². The molecule has 2 fully saturated rings. The van der Waals surface area contributed by atoms with Crippen LogP contribution in [0.25, 0.3) is 0 Å². The van der Waals surface area contributed by atoms with Crippen LogP contribution in [0.5, 0.6) is 0 Å². The Bertz CT molecular complexity index is 1540. The van der Waals surface area contributed by atoms with Crippen molar-refractivity contribution in [2.75, 3.05) is 13.7 Å². The lowest BCUT2D eigenvalue weighted by Gasteiger charge is -2.31. The minimum absolute atomic E-state index is 0.111. The van der Waals surface area contributed by atoms with Crippen molar-refractivity contribution in [1.82, 2.24) is 10.2 Å². The van der Waals surface area contributed by atoms with E-state index >= 15 is 4.39 Å². The van der Waals surface area contributed by atoms with Crippen LogP contribution in [-0.4, -0.2) is 48.4 Å². The number of nitrogens with one attached hydrogen (secondary N) is 1. The number of carbonyl (C=O) groups excluding carboxylic acids is 3. The van der Waals surface area contributed by atoms with Crippen LogP contribution < -0.4 is 5.32 Å². The van der Waals surface area contributed by atoms with Crippen LogP contribution in [0.1, 0.15) is 103 Å². The number of methoxy groups -OCH3 is 1. The van der Waals surface area contributed by atoms with E-state index in [1.54, 1.807) is 45.2 Å². The molecular weight excluding hydrogens is 613 g/mol. The molecule has 2 aliphatic rings. The highest BCUT2D eigenvalue weighted by atomic mass is 19.1.